The molecule has 6 heteroatoms. The molecular formula is C9H20N2O4. The van der Waals surface area contributed by atoms with Gasteiger partial charge in [-0.2, -0.15) is 0 Å². The Kier molecular flexibility index (Phi) is 4.05. The van der Waals surface area contributed by atoms with Crippen LogP contribution in [0, 0.1) is 0 Å². The molecule has 0 radical (unpaired) electrons. The van der Waals surface area contributed by atoms with E-state index in [9.17, 15) is 10.2 Å². The summed E-state index contributed by atoms with van der Waals surface area (Å²) in [5, 5.41) is 19.2. The van der Waals surface area contributed by atoms with Crippen molar-refractivity contribution >= 4 is 0 Å². The van der Waals surface area contributed by atoms with Crippen molar-refractivity contribution in [3.05, 3.63) is 0 Å². The van der Waals surface area contributed by atoms with Crippen LogP contribution < -0.4 is 11.5 Å². The van der Waals surface area contributed by atoms with Gasteiger partial charge in [-0.15, -0.1) is 0 Å². The van der Waals surface area contributed by atoms with E-state index in [0.29, 0.717) is 0 Å². The lowest BCUT2D eigenvalue weighted by molar-refractivity contribution is -0.159. The molecule has 15 heavy (non-hydrogen) atoms. The van der Waals surface area contributed by atoms with Crippen LogP contribution in [0.4, 0.5) is 0 Å². The van der Waals surface area contributed by atoms with E-state index in [-0.39, 0.29) is 13.1 Å². The van der Waals surface area contributed by atoms with Gasteiger partial charge in [0.25, 0.3) is 0 Å². The summed E-state index contributed by atoms with van der Waals surface area (Å²) >= 11 is 0. The van der Waals surface area contributed by atoms with E-state index in [1.807, 2.05) is 0 Å². The first kappa shape index (κ1) is 12.8. The molecule has 0 bridgehead atoms. The average Bonchev–Trinajstić information content (AvgIpc) is 2.52. The van der Waals surface area contributed by atoms with Gasteiger partial charge < -0.3 is 31.2 Å². The molecule has 1 rings (SSSR count). The van der Waals surface area contributed by atoms with Crippen molar-refractivity contribution in [1.82, 2.24) is 0 Å². The van der Waals surface area contributed by atoms with Gasteiger partial charge in [-0.25, -0.2) is 0 Å². The maximum absolute atomic E-state index is 9.62. The predicted octanol–water partition coefficient (Wildman–Crippen LogP) is -1.85. The first-order chi connectivity index (χ1) is 6.91. The summed E-state index contributed by atoms with van der Waals surface area (Å²) in [7, 11) is 0. The summed E-state index contributed by atoms with van der Waals surface area (Å²) in [6.45, 7) is 3.54. The summed E-state index contributed by atoms with van der Waals surface area (Å²) in [5.74, 6) is -0.832. The second-order valence-electron chi connectivity index (χ2n) is 4.17. The molecule has 0 amide bonds. The molecule has 0 aromatic heterocycles. The standard InChI is InChI=1S/C9H20N2O4/c1-9(2)14-7(5(12)3-10)8(15-9)6(13)4-11/h5-8,12-13H,3-4,10-11H2,1-2H3. The topological polar surface area (TPSA) is 111 Å². The Morgan fingerprint density at radius 3 is 1.67 bits per heavy atom. The maximum atomic E-state index is 9.62. The van der Waals surface area contributed by atoms with E-state index in [4.69, 9.17) is 20.9 Å². The molecular weight excluding hydrogens is 200 g/mol. The SMILES string of the molecule is CC1(C)OC(C(O)CN)C(C(O)CN)O1. The summed E-state index contributed by atoms with van der Waals surface area (Å²) in [6.07, 6.45) is -3.00. The van der Waals surface area contributed by atoms with Crippen LogP contribution in [0.1, 0.15) is 13.8 Å². The van der Waals surface area contributed by atoms with Crippen molar-refractivity contribution < 1.29 is 19.7 Å². The Morgan fingerprint density at radius 1 is 1.07 bits per heavy atom. The van der Waals surface area contributed by atoms with E-state index in [1.165, 1.54) is 0 Å². The Morgan fingerprint density at radius 2 is 1.40 bits per heavy atom. The summed E-state index contributed by atoms with van der Waals surface area (Å²) in [6, 6.07) is 0. The summed E-state index contributed by atoms with van der Waals surface area (Å²) in [4.78, 5) is 0. The van der Waals surface area contributed by atoms with Gasteiger partial charge in [0.1, 0.15) is 12.2 Å². The minimum atomic E-state index is -0.863. The van der Waals surface area contributed by atoms with Crippen LogP contribution in [0.15, 0.2) is 0 Å². The summed E-state index contributed by atoms with van der Waals surface area (Å²) in [5.41, 5.74) is 10.7. The second kappa shape index (κ2) is 4.73. The van der Waals surface area contributed by atoms with E-state index in [2.05, 4.69) is 0 Å². The Labute approximate surface area is 89.1 Å². The third-order valence-corrected chi connectivity index (χ3v) is 2.41. The Bertz CT molecular complexity index is 192. The average molecular weight is 220 g/mol. The molecule has 0 aromatic carbocycles. The molecule has 0 aromatic rings. The predicted molar refractivity (Wildman–Crippen MR) is 53.9 cm³/mol. The lowest BCUT2D eigenvalue weighted by Gasteiger charge is -2.23. The van der Waals surface area contributed by atoms with Crippen LogP contribution >= 0.6 is 0 Å². The molecule has 4 atom stereocenters. The molecule has 1 saturated heterocycles. The van der Waals surface area contributed by atoms with Gasteiger partial charge in [-0.05, 0) is 13.8 Å². The monoisotopic (exact) mass is 220 g/mol. The fraction of sp³-hybridized carbons (Fsp3) is 1.00. The van der Waals surface area contributed by atoms with Crippen LogP contribution in [0.25, 0.3) is 0 Å². The molecule has 0 spiro atoms. The Hall–Kier alpha value is -0.240. The molecule has 90 valence electrons. The highest BCUT2D eigenvalue weighted by Gasteiger charge is 2.47. The van der Waals surface area contributed by atoms with Crippen molar-refractivity contribution in [2.75, 3.05) is 13.1 Å². The maximum Gasteiger partial charge on any atom is 0.164 e. The molecule has 1 aliphatic rings. The van der Waals surface area contributed by atoms with Crippen LogP contribution in [-0.2, 0) is 9.47 Å². The van der Waals surface area contributed by atoms with Crippen LogP contribution in [0.2, 0.25) is 0 Å². The van der Waals surface area contributed by atoms with Crippen LogP contribution in [0.5, 0.6) is 0 Å². The van der Waals surface area contributed by atoms with E-state index in [0.717, 1.165) is 0 Å². The molecule has 6 nitrogen and oxygen atoms in total. The molecule has 1 heterocycles. The van der Waals surface area contributed by atoms with Crippen molar-refractivity contribution in [2.45, 2.75) is 44.1 Å². The third kappa shape index (κ3) is 2.87. The van der Waals surface area contributed by atoms with Gasteiger partial charge in [0.2, 0.25) is 0 Å². The largest absolute Gasteiger partial charge is 0.389 e. The highest BCUT2D eigenvalue weighted by Crippen LogP contribution is 2.31. The third-order valence-electron chi connectivity index (χ3n) is 2.41. The number of aliphatic hydroxyl groups excluding tert-OH is 2. The zero-order valence-electron chi connectivity index (χ0n) is 9.09. The highest BCUT2D eigenvalue weighted by molar-refractivity contribution is 4.91. The first-order valence-electron chi connectivity index (χ1n) is 5.03. The smallest absolute Gasteiger partial charge is 0.164 e. The van der Waals surface area contributed by atoms with Gasteiger partial charge in [0, 0.05) is 13.1 Å². The van der Waals surface area contributed by atoms with Gasteiger partial charge >= 0.3 is 0 Å². The fourth-order valence-electron chi connectivity index (χ4n) is 1.68. The number of aliphatic hydroxyl groups is 2. The van der Waals surface area contributed by atoms with Crippen molar-refractivity contribution in [3.8, 4) is 0 Å². The number of ether oxygens (including phenoxy) is 2. The number of hydrogen-bond donors (Lipinski definition) is 4. The molecule has 1 aliphatic heterocycles. The minimum absolute atomic E-state index is 0.0535. The van der Waals surface area contributed by atoms with Crippen LogP contribution in [-0.4, -0.2) is 53.5 Å². The number of rotatable bonds is 4. The normalized spacial score (nSPS) is 34.0. The lowest BCUT2D eigenvalue weighted by atomic mass is 10.0. The van der Waals surface area contributed by atoms with E-state index in [1.54, 1.807) is 13.8 Å². The molecule has 1 fully saturated rings. The molecule has 4 unspecified atom stereocenters. The van der Waals surface area contributed by atoms with E-state index >= 15 is 0 Å². The van der Waals surface area contributed by atoms with Crippen molar-refractivity contribution in [1.29, 1.82) is 0 Å². The highest BCUT2D eigenvalue weighted by atomic mass is 16.8. The van der Waals surface area contributed by atoms with Gasteiger partial charge in [-0.1, -0.05) is 0 Å². The van der Waals surface area contributed by atoms with E-state index < -0.39 is 30.2 Å². The minimum Gasteiger partial charge on any atom is -0.389 e. The zero-order chi connectivity index (χ0) is 11.6. The summed E-state index contributed by atoms with van der Waals surface area (Å²) < 4.78 is 10.9. The van der Waals surface area contributed by atoms with Crippen LogP contribution in [0.3, 0.4) is 0 Å². The van der Waals surface area contributed by atoms with Gasteiger partial charge in [0.05, 0.1) is 12.2 Å². The Balaban J connectivity index is 2.74. The first-order valence-corrected chi connectivity index (χ1v) is 5.03. The molecule has 0 saturated carbocycles. The van der Waals surface area contributed by atoms with Crippen molar-refractivity contribution in [2.24, 2.45) is 11.5 Å². The molecule has 0 aliphatic carbocycles. The second-order valence-corrected chi connectivity index (χ2v) is 4.17. The van der Waals surface area contributed by atoms with Gasteiger partial charge in [0.15, 0.2) is 5.79 Å². The zero-order valence-corrected chi connectivity index (χ0v) is 9.09. The lowest BCUT2D eigenvalue weighted by Crippen LogP contribution is -2.47. The van der Waals surface area contributed by atoms with Crippen molar-refractivity contribution in [3.63, 3.8) is 0 Å². The number of hydrogen-bond acceptors (Lipinski definition) is 6. The number of nitrogens with two attached hydrogens (primary N) is 2. The van der Waals surface area contributed by atoms with Gasteiger partial charge in [-0.3, -0.25) is 0 Å². The fourth-order valence-corrected chi connectivity index (χ4v) is 1.68. The molecule has 6 N–H and O–H groups in total. The quantitative estimate of drug-likeness (QED) is 0.442.